The van der Waals surface area contributed by atoms with Crippen LogP contribution in [0.15, 0.2) is 142 Å². The van der Waals surface area contributed by atoms with Crippen LogP contribution in [0.5, 0.6) is 0 Å². The maximum absolute atomic E-state index is 6.89. The van der Waals surface area contributed by atoms with Crippen molar-refractivity contribution in [3.05, 3.63) is 145 Å². The van der Waals surface area contributed by atoms with Gasteiger partial charge in [-0.25, -0.2) is 0 Å². The van der Waals surface area contributed by atoms with E-state index < -0.39 is 0 Å². The molecule has 4 nitrogen and oxygen atoms in total. The molecule has 0 bridgehead atoms. The summed E-state index contributed by atoms with van der Waals surface area (Å²) in [6.45, 7) is 4.34. The summed E-state index contributed by atoms with van der Waals surface area (Å²) in [7, 11) is 0. The fourth-order valence-electron chi connectivity index (χ4n) is 8.22. The molecule has 4 heteroatoms. The lowest BCUT2D eigenvalue weighted by molar-refractivity contribution is 0.661. The average Bonchev–Trinajstić information content (AvgIpc) is 3.85. The molecule has 0 saturated heterocycles. The smallest absolute Gasteiger partial charge is 0.159 e. The second kappa shape index (κ2) is 9.18. The van der Waals surface area contributed by atoms with Crippen molar-refractivity contribution in [1.29, 1.82) is 0 Å². The third-order valence-electron chi connectivity index (χ3n) is 10.4. The van der Waals surface area contributed by atoms with Crippen LogP contribution in [-0.4, -0.2) is 9.13 Å². The fourth-order valence-corrected chi connectivity index (χ4v) is 8.22. The summed E-state index contributed by atoms with van der Waals surface area (Å²) in [6, 6.07) is 47.7. The molecule has 0 fully saturated rings. The van der Waals surface area contributed by atoms with E-state index in [1.165, 1.54) is 43.6 Å². The van der Waals surface area contributed by atoms with Crippen LogP contribution in [0.2, 0.25) is 0 Å². The monoisotopic (exact) mass is 616 g/mol. The minimum atomic E-state index is 0.854. The molecule has 4 heterocycles. The number of rotatable bonds is 2. The van der Waals surface area contributed by atoms with Gasteiger partial charge >= 0.3 is 0 Å². The summed E-state index contributed by atoms with van der Waals surface area (Å²) in [4.78, 5) is 0. The van der Waals surface area contributed by atoms with Crippen molar-refractivity contribution in [3.8, 4) is 11.4 Å². The van der Waals surface area contributed by atoms with Crippen LogP contribution in [-0.2, 0) is 0 Å². The number of nitrogens with zero attached hydrogens (tertiary/aromatic N) is 2. The van der Waals surface area contributed by atoms with E-state index in [4.69, 9.17) is 8.83 Å². The number of hydrogen-bond acceptors (Lipinski definition) is 2. The van der Waals surface area contributed by atoms with Gasteiger partial charge in [-0.05, 0) is 61.4 Å². The van der Waals surface area contributed by atoms with Crippen LogP contribution < -0.4 is 0 Å². The zero-order valence-electron chi connectivity index (χ0n) is 26.4. The number of benzene rings is 7. The first kappa shape index (κ1) is 25.9. The van der Waals surface area contributed by atoms with Crippen LogP contribution in [0.4, 0.5) is 0 Å². The number of hydrogen-bond donors (Lipinski definition) is 0. The largest absolute Gasteiger partial charge is 0.454 e. The van der Waals surface area contributed by atoms with E-state index in [9.17, 15) is 0 Å². The molecule has 0 spiro atoms. The Morgan fingerprint density at radius 1 is 0.354 bits per heavy atom. The van der Waals surface area contributed by atoms with Gasteiger partial charge in [0.1, 0.15) is 11.2 Å². The number of fused-ring (bicyclic) bond motifs is 12. The van der Waals surface area contributed by atoms with Crippen LogP contribution in [0.1, 0.15) is 11.1 Å². The molecule has 0 amide bonds. The summed E-state index contributed by atoms with van der Waals surface area (Å²) in [5, 5.41) is 9.19. The Morgan fingerprint density at radius 2 is 0.688 bits per heavy atom. The third kappa shape index (κ3) is 3.24. The molecule has 0 aliphatic carbocycles. The molecule has 48 heavy (non-hydrogen) atoms. The highest BCUT2D eigenvalue weighted by atomic mass is 16.3. The molecule has 11 aromatic rings. The number of aryl methyl sites for hydroxylation is 2. The standard InChI is InChI=1S/C44H28N2O2/c1-25-19-21-31-33-23-40-34(24-39(33)47-43(31)41(25)45-35-15-7-3-11-27(35)28-12-4-8-16-36(28)45)32-22-20-26(2)42(44(32)48-40)46-37-17-9-5-13-29(37)30-14-6-10-18-38(30)46/h3-24H,1-2H3. The van der Waals surface area contributed by atoms with Crippen LogP contribution >= 0.6 is 0 Å². The van der Waals surface area contributed by atoms with Crippen molar-refractivity contribution >= 4 is 87.5 Å². The highest BCUT2D eigenvalue weighted by Crippen LogP contribution is 2.44. The molecule has 0 atom stereocenters. The Labute approximate surface area is 274 Å². The third-order valence-corrected chi connectivity index (χ3v) is 10.4. The molecule has 0 radical (unpaired) electrons. The van der Waals surface area contributed by atoms with Crippen molar-refractivity contribution in [1.82, 2.24) is 9.13 Å². The van der Waals surface area contributed by atoms with E-state index in [2.05, 4.69) is 156 Å². The molecule has 11 rings (SSSR count). The van der Waals surface area contributed by atoms with Crippen molar-refractivity contribution in [2.24, 2.45) is 0 Å². The van der Waals surface area contributed by atoms with Gasteiger partial charge in [0.25, 0.3) is 0 Å². The van der Waals surface area contributed by atoms with Crippen molar-refractivity contribution < 1.29 is 8.83 Å². The van der Waals surface area contributed by atoms with Crippen LogP contribution in [0.3, 0.4) is 0 Å². The molecule has 0 unspecified atom stereocenters. The molecule has 4 aromatic heterocycles. The van der Waals surface area contributed by atoms with E-state index in [-0.39, 0.29) is 0 Å². The molecule has 0 N–H and O–H groups in total. The van der Waals surface area contributed by atoms with E-state index in [1.54, 1.807) is 0 Å². The summed E-state index contributed by atoms with van der Waals surface area (Å²) in [6.07, 6.45) is 0. The van der Waals surface area contributed by atoms with Crippen LogP contribution in [0.25, 0.3) is 98.9 Å². The van der Waals surface area contributed by atoms with Gasteiger partial charge in [-0.3, -0.25) is 0 Å². The highest BCUT2D eigenvalue weighted by molar-refractivity contribution is 6.19. The Hall–Kier alpha value is -6.26. The maximum Gasteiger partial charge on any atom is 0.159 e. The molecule has 0 saturated carbocycles. The molecular formula is C44H28N2O2. The second-order valence-corrected chi connectivity index (χ2v) is 13.0. The quantitative estimate of drug-likeness (QED) is 0.194. The first-order valence-corrected chi connectivity index (χ1v) is 16.4. The van der Waals surface area contributed by atoms with Crippen molar-refractivity contribution in [3.63, 3.8) is 0 Å². The van der Waals surface area contributed by atoms with Gasteiger partial charge in [0.05, 0.1) is 33.4 Å². The predicted molar refractivity (Wildman–Crippen MR) is 199 cm³/mol. The number of para-hydroxylation sites is 4. The van der Waals surface area contributed by atoms with Gasteiger partial charge < -0.3 is 18.0 Å². The minimum absolute atomic E-state index is 0.854. The number of aromatic nitrogens is 2. The zero-order valence-corrected chi connectivity index (χ0v) is 26.4. The molecule has 0 aliphatic heterocycles. The first-order valence-electron chi connectivity index (χ1n) is 16.4. The average molecular weight is 617 g/mol. The van der Waals surface area contributed by atoms with Gasteiger partial charge in [-0.1, -0.05) is 97.1 Å². The number of furan rings is 2. The lowest BCUT2D eigenvalue weighted by Crippen LogP contribution is -1.97. The second-order valence-electron chi connectivity index (χ2n) is 13.0. The van der Waals surface area contributed by atoms with Gasteiger partial charge in [-0.2, -0.15) is 0 Å². The fraction of sp³-hybridized carbons (Fsp3) is 0.0455. The zero-order chi connectivity index (χ0) is 31.7. The minimum Gasteiger partial charge on any atom is -0.454 e. The summed E-state index contributed by atoms with van der Waals surface area (Å²) >= 11 is 0. The van der Waals surface area contributed by atoms with Gasteiger partial charge in [0, 0.05) is 43.1 Å². The summed E-state index contributed by atoms with van der Waals surface area (Å²) in [5.74, 6) is 0. The molecule has 0 aliphatic rings. The lowest BCUT2D eigenvalue weighted by Gasteiger charge is -2.12. The lowest BCUT2D eigenvalue weighted by atomic mass is 10.0. The van der Waals surface area contributed by atoms with E-state index >= 15 is 0 Å². The van der Waals surface area contributed by atoms with E-state index in [0.717, 1.165) is 66.4 Å². The molecular weight excluding hydrogens is 588 g/mol. The summed E-state index contributed by atoms with van der Waals surface area (Å²) in [5.41, 5.74) is 12.6. The van der Waals surface area contributed by atoms with E-state index in [1.807, 2.05) is 0 Å². The molecule has 226 valence electrons. The SMILES string of the molecule is Cc1ccc2c(oc3cc4c(cc32)oc2c(-n3c5ccccc5c5ccccc53)c(C)ccc24)c1-n1c2ccccc2c2ccccc21. The predicted octanol–water partition coefficient (Wildman–Crippen LogP) is 12.3. The first-order chi connectivity index (χ1) is 23.7. The van der Waals surface area contributed by atoms with E-state index in [0.29, 0.717) is 0 Å². The molecule has 7 aromatic carbocycles. The highest BCUT2D eigenvalue weighted by Gasteiger charge is 2.23. The Kier molecular flexibility index (Phi) is 4.95. The summed E-state index contributed by atoms with van der Waals surface area (Å²) < 4.78 is 18.5. The van der Waals surface area contributed by atoms with Crippen LogP contribution in [0, 0.1) is 13.8 Å². The maximum atomic E-state index is 6.89. The van der Waals surface area contributed by atoms with Gasteiger partial charge in [0.2, 0.25) is 0 Å². The Balaban J connectivity index is 1.21. The Bertz CT molecular complexity index is 2830. The van der Waals surface area contributed by atoms with Crippen molar-refractivity contribution in [2.45, 2.75) is 13.8 Å². The van der Waals surface area contributed by atoms with Crippen molar-refractivity contribution in [2.75, 3.05) is 0 Å². The normalized spacial score (nSPS) is 12.4. The Morgan fingerprint density at radius 3 is 1.04 bits per heavy atom. The van der Waals surface area contributed by atoms with Gasteiger partial charge in [-0.15, -0.1) is 0 Å². The topological polar surface area (TPSA) is 36.1 Å². The van der Waals surface area contributed by atoms with Gasteiger partial charge in [0.15, 0.2) is 11.2 Å².